The summed E-state index contributed by atoms with van der Waals surface area (Å²) in [5, 5.41) is 0. The summed E-state index contributed by atoms with van der Waals surface area (Å²) in [7, 11) is 0. The molecule has 0 aliphatic carbocycles. The molecule has 0 radical (unpaired) electrons. The average Bonchev–Trinajstić information content (AvgIpc) is 2.46. The van der Waals surface area contributed by atoms with Gasteiger partial charge in [0, 0.05) is 23.8 Å². The molecule has 0 bridgehead atoms. The highest BCUT2D eigenvalue weighted by molar-refractivity contribution is 5.77. The van der Waals surface area contributed by atoms with E-state index in [1.165, 1.54) is 11.3 Å². The van der Waals surface area contributed by atoms with Gasteiger partial charge in [0.05, 0.1) is 0 Å². The van der Waals surface area contributed by atoms with Crippen molar-refractivity contribution in [3.8, 4) is 0 Å². The van der Waals surface area contributed by atoms with Gasteiger partial charge in [0.25, 0.3) is 0 Å². The molecule has 0 aliphatic heterocycles. The number of carbonyl (C=O) groups excluding carboxylic acids is 1. The van der Waals surface area contributed by atoms with Crippen LogP contribution in [0.4, 0.5) is 5.69 Å². The first-order valence-corrected chi connectivity index (χ1v) is 6.98. The molecule has 2 aromatic rings. The lowest BCUT2D eigenvalue weighted by atomic mass is 10.1. The average molecular weight is 267 g/mol. The largest absolute Gasteiger partial charge is 0.365 e. The molecule has 0 unspecified atom stereocenters. The van der Waals surface area contributed by atoms with Gasteiger partial charge in [-0.1, -0.05) is 30.3 Å². The molecule has 0 fully saturated rings. The maximum atomic E-state index is 10.9. The van der Waals surface area contributed by atoms with Crippen molar-refractivity contribution < 1.29 is 4.79 Å². The van der Waals surface area contributed by atoms with Crippen molar-refractivity contribution in [1.82, 2.24) is 0 Å². The standard InChI is InChI=1S/C18H21NO/c1-14(2)19(12-16-7-5-4-6-8-16)18-10-9-17(13-20)11-15(18)3/h4-11,13-14H,12H2,1-3H3. The third kappa shape index (κ3) is 3.27. The minimum absolute atomic E-state index is 0.399. The van der Waals surface area contributed by atoms with E-state index in [0.29, 0.717) is 6.04 Å². The lowest BCUT2D eigenvalue weighted by Crippen LogP contribution is -2.30. The molecular weight excluding hydrogens is 246 g/mol. The summed E-state index contributed by atoms with van der Waals surface area (Å²) in [5.74, 6) is 0. The molecule has 0 spiro atoms. The van der Waals surface area contributed by atoms with E-state index in [2.05, 4.69) is 49.9 Å². The first kappa shape index (κ1) is 14.3. The lowest BCUT2D eigenvalue weighted by Gasteiger charge is -2.30. The van der Waals surface area contributed by atoms with E-state index in [1.54, 1.807) is 0 Å². The Kier molecular flexibility index (Phi) is 4.57. The highest BCUT2D eigenvalue weighted by Crippen LogP contribution is 2.25. The van der Waals surface area contributed by atoms with Crippen LogP contribution in [0.2, 0.25) is 0 Å². The summed E-state index contributed by atoms with van der Waals surface area (Å²) in [5.41, 5.74) is 4.35. The van der Waals surface area contributed by atoms with E-state index in [0.717, 1.165) is 24.0 Å². The van der Waals surface area contributed by atoms with Gasteiger partial charge in [0.2, 0.25) is 0 Å². The molecule has 0 saturated carbocycles. The van der Waals surface area contributed by atoms with Gasteiger partial charge in [-0.25, -0.2) is 0 Å². The van der Waals surface area contributed by atoms with Crippen LogP contribution in [0.1, 0.15) is 35.3 Å². The van der Waals surface area contributed by atoms with Crippen molar-refractivity contribution in [3.05, 3.63) is 65.2 Å². The maximum absolute atomic E-state index is 10.9. The number of anilines is 1. The Hall–Kier alpha value is -2.09. The number of carbonyl (C=O) groups is 1. The maximum Gasteiger partial charge on any atom is 0.150 e. The minimum Gasteiger partial charge on any atom is -0.365 e. The molecule has 104 valence electrons. The van der Waals surface area contributed by atoms with Crippen LogP contribution in [0.25, 0.3) is 0 Å². The molecule has 0 saturated heterocycles. The summed E-state index contributed by atoms with van der Waals surface area (Å²) in [4.78, 5) is 13.2. The van der Waals surface area contributed by atoms with Crippen molar-refractivity contribution >= 4 is 12.0 Å². The zero-order valence-electron chi connectivity index (χ0n) is 12.3. The summed E-state index contributed by atoms with van der Waals surface area (Å²) >= 11 is 0. The zero-order chi connectivity index (χ0) is 14.5. The Morgan fingerprint density at radius 2 is 1.80 bits per heavy atom. The second kappa shape index (κ2) is 6.38. The van der Waals surface area contributed by atoms with E-state index < -0.39 is 0 Å². The number of nitrogens with zero attached hydrogens (tertiary/aromatic N) is 1. The number of hydrogen-bond acceptors (Lipinski definition) is 2. The number of benzene rings is 2. The smallest absolute Gasteiger partial charge is 0.150 e. The third-order valence-corrected chi connectivity index (χ3v) is 3.49. The van der Waals surface area contributed by atoms with Gasteiger partial charge >= 0.3 is 0 Å². The van der Waals surface area contributed by atoms with Crippen molar-refractivity contribution in [2.24, 2.45) is 0 Å². The Labute approximate surface area is 121 Å². The fraction of sp³-hybridized carbons (Fsp3) is 0.278. The molecule has 0 N–H and O–H groups in total. The van der Waals surface area contributed by atoms with Crippen LogP contribution in [-0.4, -0.2) is 12.3 Å². The highest BCUT2D eigenvalue weighted by Gasteiger charge is 2.13. The van der Waals surface area contributed by atoms with Crippen LogP contribution >= 0.6 is 0 Å². The van der Waals surface area contributed by atoms with E-state index >= 15 is 0 Å². The number of rotatable bonds is 5. The van der Waals surface area contributed by atoms with E-state index in [4.69, 9.17) is 0 Å². The molecule has 2 rings (SSSR count). The van der Waals surface area contributed by atoms with Crippen molar-refractivity contribution in [2.45, 2.75) is 33.4 Å². The molecule has 2 nitrogen and oxygen atoms in total. The minimum atomic E-state index is 0.399. The van der Waals surface area contributed by atoms with Crippen molar-refractivity contribution in [1.29, 1.82) is 0 Å². The summed E-state index contributed by atoms with van der Waals surface area (Å²) in [6.45, 7) is 7.31. The van der Waals surface area contributed by atoms with Gasteiger partial charge in [-0.05, 0) is 50.1 Å². The quantitative estimate of drug-likeness (QED) is 0.756. The second-order valence-electron chi connectivity index (χ2n) is 5.37. The van der Waals surface area contributed by atoms with Crippen LogP contribution in [0.15, 0.2) is 48.5 Å². The number of aryl methyl sites for hydroxylation is 1. The van der Waals surface area contributed by atoms with Crippen LogP contribution in [0.3, 0.4) is 0 Å². The Morgan fingerprint density at radius 1 is 1.10 bits per heavy atom. The van der Waals surface area contributed by atoms with E-state index in [1.807, 2.05) is 24.3 Å². The Bertz CT molecular complexity index is 575. The molecule has 0 amide bonds. The summed E-state index contributed by atoms with van der Waals surface area (Å²) < 4.78 is 0. The van der Waals surface area contributed by atoms with E-state index in [9.17, 15) is 4.79 Å². The van der Waals surface area contributed by atoms with Crippen LogP contribution < -0.4 is 4.90 Å². The van der Waals surface area contributed by atoms with Crippen molar-refractivity contribution in [2.75, 3.05) is 4.90 Å². The van der Waals surface area contributed by atoms with E-state index in [-0.39, 0.29) is 0 Å². The van der Waals surface area contributed by atoms with Gasteiger partial charge < -0.3 is 4.90 Å². The molecule has 20 heavy (non-hydrogen) atoms. The SMILES string of the molecule is Cc1cc(C=O)ccc1N(Cc1ccccc1)C(C)C. The molecule has 0 aliphatic rings. The van der Waals surface area contributed by atoms with Crippen LogP contribution in [-0.2, 0) is 6.54 Å². The second-order valence-corrected chi connectivity index (χ2v) is 5.37. The molecular formula is C18H21NO. The fourth-order valence-corrected chi connectivity index (χ4v) is 2.40. The van der Waals surface area contributed by atoms with Gasteiger partial charge in [-0.3, -0.25) is 4.79 Å². The van der Waals surface area contributed by atoms with Crippen molar-refractivity contribution in [3.63, 3.8) is 0 Å². The topological polar surface area (TPSA) is 20.3 Å². The number of hydrogen-bond donors (Lipinski definition) is 0. The molecule has 0 atom stereocenters. The predicted octanol–water partition coefficient (Wildman–Crippen LogP) is 4.22. The zero-order valence-corrected chi connectivity index (χ0v) is 12.3. The monoisotopic (exact) mass is 267 g/mol. The summed E-state index contributed by atoms with van der Waals surface area (Å²) in [6.07, 6.45) is 0.897. The normalized spacial score (nSPS) is 10.6. The molecule has 0 aromatic heterocycles. The van der Waals surface area contributed by atoms with Crippen LogP contribution in [0.5, 0.6) is 0 Å². The van der Waals surface area contributed by atoms with Gasteiger partial charge in [-0.15, -0.1) is 0 Å². The lowest BCUT2D eigenvalue weighted by molar-refractivity contribution is 0.112. The molecule has 2 aromatic carbocycles. The van der Waals surface area contributed by atoms with Crippen LogP contribution in [0, 0.1) is 6.92 Å². The molecule has 0 heterocycles. The molecule has 2 heteroatoms. The van der Waals surface area contributed by atoms with Gasteiger partial charge in [-0.2, -0.15) is 0 Å². The third-order valence-electron chi connectivity index (χ3n) is 3.49. The van der Waals surface area contributed by atoms with Gasteiger partial charge in [0.1, 0.15) is 6.29 Å². The van der Waals surface area contributed by atoms with Gasteiger partial charge in [0.15, 0.2) is 0 Å². The first-order chi connectivity index (χ1) is 9.61. The fourth-order valence-electron chi connectivity index (χ4n) is 2.40. The Morgan fingerprint density at radius 3 is 2.35 bits per heavy atom. The summed E-state index contributed by atoms with van der Waals surface area (Å²) in [6, 6.07) is 16.7. The highest BCUT2D eigenvalue weighted by atomic mass is 16.1. The number of aldehydes is 1. The first-order valence-electron chi connectivity index (χ1n) is 6.98. The predicted molar refractivity (Wildman–Crippen MR) is 84.3 cm³/mol. The Balaban J connectivity index is 2.31.